The molecule has 1 aromatic carbocycles. The quantitative estimate of drug-likeness (QED) is 0.738. The largest absolute Gasteiger partial charge is 0.472 e. The average Bonchev–Trinajstić information content (AvgIpc) is 3.32. The molecule has 28 heavy (non-hydrogen) atoms. The molecule has 8 nitrogen and oxygen atoms in total. The number of imidazole rings is 1. The maximum Gasteiger partial charge on any atom is 0.329 e. The van der Waals surface area contributed by atoms with Crippen LogP contribution in [0.4, 0.5) is 0 Å². The van der Waals surface area contributed by atoms with Crippen LogP contribution >= 0.6 is 0 Å². The summed E-state index contributed by atoms with van der Waals surface area (Å²) in [4.78, 5) is 39.1. The van der Waals surface area contributed by atoms with Crippen LogP contribution in [0.25, 0.3) is 11.0 Å². The number of piperidine rings is 1. The van der Waals surface area contributed by atoms with E-state index in [0.717, 1.165) is 11.0 Å². The zero-order valence-corrected chi connectivity index (χ0v) is 15.6. The Balaban J connectivity index is 1.36. The number of fused-ring (bicyclic) bond motifs is 1. The minimum absolute atomic E-state index is 0.00780. The van der Waals surface area contributed by atoms with Crippen LogP contribution in [0, 0.1) is 0 Å². The first-order valence-corrected chi connectivity index (χ1v) is 9.29. The van der Waals surface area contributed by atoms with E-state index in [1.54, 1.807) is 22.6 Å². The molecule has 1 saturated heterocycles. The Labute approximate surface area is 161 Å². The maximum atomic E-state index is 12.5. The summed E-state index contributed by atoms with van der Waals surface area (Å²) in [5.41, 5.74) is 1.87. The normalized spacial score (nSPS) is 15.1. The van der Waals surface area contributed by atoms with E-state index in [9.17, 15) is 14.4 Å². The Morgan fingerprint density at radius 3 is 2.54 bits per heavy atom. The third-order valence-electron chi connectivity index (χ3n) is 5.27. The second-order valence-electron chi connectivity index (χ2n) is 7.06. The zero-order valence-electron chi connectivity index (χ0n) is 15.6. The Bertz CT molecular complexity index is 1060. The van der Waals surface area contributed by atoms with E-state index < -0.39 is 0 Å². The summed E-state index contributed by atoms with van der Waals surface area (Å²) in [5, 5.41) is 3.00. The molecule has 2 aromatic heterocycles. The Morgan fingerprint density at radius 1 is 1.14 bits per heavy atom. The standard InChI is InChI=1S/C20H22N4O4/c1-22-16-4-2-3-5-17(16)24(20(22)27)12-18(25)21-15-6-9-23(10-7-15)19(26)14-8-11-28-13-14/h2-5,8,11,13,15H,6-7,9-10,12H2,1H3,(H,21,25). The second kappa shape index (κ2) is 7.38. The number of nitrogens with zero attached hydrogens (tertiary/aromatic N) is 3. The van der Waals surface area contributed by atoms with E-state index >= 15 is 0 Å². The summed E-state index contributed by atoms with van der Waals surface area (Å²) < 4.78 is 8.00. The first-order chi connectivity index (χ1) is 13.5. The number of aryl methyl sites for hydroxylation is 1. The Morgan fingerprint density at radius 2 is 1.86 bits per heavy atom. The van der Waals surface area contributed by atoms with E-state index in [-0.39, 0.29) is 30.1 Å². The number of benzene rings is 1. The lowest BCUT2D eigenvalue weighted by atomic mass is 10.0. The molecule has 4 rings (SSSR count). The Kier molecular flexibility index (Phi) is 4.77. The molecular formula is C20H22N4O4. The molecule has 0 aliphatic carbocycles. The topological polar surface area (TPSA) is 89.5 Å². The highest BCUT2D eigenvalue weighted by atomic mass is 16.3. The number of hydrogen-bond acceptors (Lipinski definition) is 4. The predicted molar refractivity (Wildman–Crippen MR) is 103 cm³/mol. The van der Waals surface area contributed by atoms with Crippen LogP contribution < -0.4 is 11.0 Å². The fourth-order valence-electron chi connectivity index (χ4n) is 3.73. The fourth-order valence-corrected chi connectivity index (χ4v) is 3.73. The summed E-state index contributed by atoms with van der Waals surface area (Å²) in [6.45, 7) is 1.13. The highest BCUT2D eigenvalue weighted by Crippen LogP contribution is 2.15. The summed E-state index contributed by atoms with van der Waals surface area (Å²) in [6, 6.07) is 9.06. The molecule has 1 aliphatic heterocycles. The van der Waals surface area contributed by atoms with Gasteiger partial charge in [-0.15, -0.1) is 0 Å². The lowest BCUT2D eigenvalue weighted by molar-refractivity contribution is -0.122. The van der Waals surface area contributed by atoms with Gasteiger partial charge in [-0.3, -0.25) is 18.7 Å². The van der Waals surface area contributed by atoms with Gasteiger partial charge in [0.1, 0.15) is 12.8 Å². The van der Waals surface area contributed by atoms with E-state index in [4.69, 9.17) is 4.42 Å². The lowest BCUT2D eigenvalue weighted by Gasteiger charge is -2.32. The molecule has 0 atom stereocenters. The minimum atomic E-state index is -0.211. The Hall–Kier alpha value is -3.29. The smallest absolute Gasteiger partial charge is 0.329 e. The van der Waals surface area contributed by atoms with E-state index in [0.29, 0.717) is 31.5 Å². The van der Waals surface area contributed by atoms with Crippen LogP contribution in [0.5, 0.6) is 0 Å². The summed E-state index contributed by atoms with van der Waals surface area (Å²) in [6.07, 6.45) is 4.28. The number of carbonyl (C=O) groups is 2. The van der Waals surface area contributed by atoms with Crippen LogP contribution in [-0.2, 0) is 18.4 Å². The van der Waals surface area contributed by atoms with E-state index in [2.05, 4.69) is 5.32 Å². The van der Waals surface area contributed by atoms with Crippen molar-refractivity contribution in [2.24, 2.45) is 7.05 Å². The molecule has 0 unspecified atom stereocenters. The van der Waals surface area contributed by atoms with Gasteiger partial charge in [-0.2, -0.15) is 0 Å². The van der Waals surface area contributed by atoms with Crippen LogP contribution in [0.3, 0.4) is 0 Å². The van der Waals surface area contributed by atoms with Crippen molar-refractivity contribution in [1.29, 1.82) is 0 Å². The van der Waals surface area contributed by atoms with Crippen molar-refractivity contribution in [2.45, 2.75) is 25.4 Å². The number of furan rings is 1. The van der Waals surface area contributed by atoms with Crippen molar-refractivity contribution in [3.63, 3.8) is 0 Å². The third kappa shape index (κ3) is 3.33. The summed E-state index contributed by atoms with van der Waals surface area (Å²) in [5.74, 6) is -0.251. The monoisotopic (exact) mass is 382 g/mol. The third-order valence-corrected chi connectivity index (χ3v) is 5.27. The molecular weight excluding hydrogens is 360 g/mol. The van der Waals surface area contributed by atoms with Crippen LogP contribution in [0.15, 0.2) is 52.1 Å². The number of para-hydroxylation sites is 2. The number of hydrogen-bond donors (Lipinski definition) is 1. The molecule has 0 spiro atoms. The molecule has 3 aromatic rings. The lowest BCUT2D eigenvalue weighted by Crippen LogP contribution is -2.47. The molecule has 2 amide bonds. The maximum absolute atomic E-state index is 12.5. The SMILES string of the molecule is Cn1c(=O)n(CC(=O)NC2CCN(C(=O)c3ccoc3)CC2)c2ccccc21. The molecule has 146 valence electrons. The van der Waals surface area contributed by atoms with Gasteiger partial charge in [0.15, 0.2) is 0 Å². The van der Waals surface area contributed by atoms with Gasteiger partial charge >= 0.3 is 5.69 Å². The van der Waals surface area contributed by atoms with Gasteiger partial charge < -0.3 is 14.6 Å². The van der Waals surface area contributed by atoms with Gasteiger partial charge in [-0.25, -0.2) is 4.79 Å². The van der Waals surface area contributed by atoms with Crippen LogP contribution in [0.2, 0.25) is 0 Å². The average molecular weight is 382 g/mol. The molecule has 0 bridgehead atoms. The summed E-state index contributed by atoms with van der Waals surface area (Å²) in [7, 11) is 1.70. The first-order valence-electron chi connectivity index (χ1n) is 9.29. The van der Waals surface area contributed by atoms with Crippen molar-refractivity contribution in [3.8, 4) is 0 Å². The van der Waals surface area contributed by atoms with Crippen molar-refractivity contribution in [3.05, 3.63) is 58.9 Å². The van der Waals surface area contributed by atoms with Crippen molar-refractivity contribution < 1.29 is 14.0 Å². The fraction of sp³-hybridized carbons (Fsp3) is 0.350. The number of nitrogens with one attached hydrogen (secondary N) is 1. The number of amides is 2. The minimum Gasteiger partial charge on any atom is -0.472 e. The zero-order chi connectivity index (χ0) is 19.7. The number of likely N-dealkylation sites (tertiary alicyclic amines) is 1. The second-order valence-corrected chi connectivity index (χ2v) is 7.06. The summed E-state index contributed by atoms with van der Waals surface area (Å²) >= 11 is 0. The number of aromatic nitrogens is 2. The van der Waals surface area contributed by atoms with Crippen molar-refractivity contribution >= 4 is 22.8 Å². The van der Waals surface area contributed by atoms with Gasteiger partial charge in [-0.1, -0.05) is 12.1 Å². The van der Waals surface area contributed by atoms with E-state index in [1.807, 2.05) is 24.3 Å². The number of rotatable bonds is 4. The van der Waals surface area contributed by atoms with Gasteiger partial charge in [0.05, 0.1) is 22.9 Å². The van der Waals surface area contributed by atoms with Crippen molar-refractivity contribution in [2.75, 3.05) is 13.1 Å². The van der Waals surface area contributed by atoms with E-state index in [1.165, 1.54) is 17.1 Å². The molecule has 8 heteroatoms. The van der Waals surface area contributed by atoms with Crippen molar-refractivity contribution in [1.82, 2.24) is 19.4 Å². The number of carbonyl (C=O) groups excluding carboxylic acids is 2. The van der Waals surface area contributed by atoms with Gasteiger partial charge in [0.2, 0.25) is 5.91 Å². The van der Waals surface area contributed by atoms with Gasteiger partial charge in [0, 0.05) is 26.2 Å². The molecule has 1 aliphatic rings. The molecule has 0 radical (unpaired) electrons. The molecule has 0 saturated carbocycles. The highest BCUT2D eigenvalue weighted by Gasteiger charge is 2.25. The van der Waals surface area contributed by atoms with Crippen LogP contribution in [0.1, 0.15) is 23.2 Å². The van der Waals surface area contributed by atoms with Crippen LogP contribution in [-0.4, -0.2) is 45.0 Å². The predicted octanol–water partition coefficient (Wildman–Crippen LogP) is 1.35. The highest BCUT2D eigenvalue weighted by molar-refractivity contribution is 5.93. The van der Waals surface area contributed by atoms with Gasteiger partial charge in [-0.05, 0) is 31.0 Å². The molecule has 1 N–H and O–H groups in total. The molecule has 3 heterocycles. The molecule has 1 fully saturated rings. The first kappa shape index (κ1) is 18.1. The van der Waals surface area contributed by atoms with Gasteiger partial charge in [0.25, 0.3) is 5.91 Å².